The SMILES string of the molecule is CCCC1CC(O)(Cc2csc3ccccc23)CCO1. The summed E-state index contributed by atoms with van der Waals surface area (Å²) in [6.45, 7) is 2.85. The molecule has 1 aliphatic rings. The lowest BCUT2D eigenvalue weighted by atomic mass is 9.83. The molecular weight excluding hydrogens is 268 g/mol. The van der Waals surface area contributed by atoms with E-state index < -0.39 is 5.60 Å². The van der Waals surface area contributed by atoms with Crippen LogP contribution in [0.25, 0.3) is 10.1 Å². The maximum atomic E-state index is 10.9. The van der Waals surface area contributed by atoms with Crippen molar-refractivity contribution in [2.45, 2.75) is 50.7 Å². The molecule has 1 saturated heterocycles. The molecule has 3 rings (SSSR count). The summed E-state index contributed by atoms with van der Waals surface area (Å²) in [6.07, 6.45) is 4.65. The summed E-state index contributed by atoms with van der Waals surface area (Å²) in [5, 5.41) is 14.4. The van der Waals surface area contributed by atoms with Crippen molar-refractivity contribution in [1.82, 2.24) is 0 Å². The van der Waals surface area contributed by atoms with Gasteiger partial charge in [0.15, 0.2) is 0 Å². The van der Waals surface area contributed by atoms with E-state index in [9.17, 15) is 5.11 Å². The molecule has 0 amide bonds. The zero-order valence-corrected chi connectivity index (χ0v) is 12.8. The van der Waals surface area contributed by atoms with Crippen LogP contribution in [0, 0.1) is 0 Å². The predicted molar refractivity (Wildman–Crippen MR) is 84.4 cm³/mol. The van der Waals surface area contributed by atoms with Gasteiger partial charge >= 0.3 is 0 Å². The molecule has 2 nitrogen and oxygen atoms in total. The first-order valence-corrected chi connectivity index (χ1v) is 8.37. The molecule has 2 atom stereocenters. The Kier molecular flexibility index (Phi) is 4.11. The molecule has 0 saturated carbocycles. The third-order valence-corrected chi connectivity index (χ3v) is 5.23. The fourth-order valence-electron chi connectivity index (χ4n) is 3.19. The van der Waals surface area contributed by atoms with Gasteiger partial charge in [-0.3, -0.25) is 0 Å². The standard InChI is InChI=1S/C17H22O2S/c1-2-5-14-11-17(18,8-9-19-14)10-13-12-20-16-7-4-3-6-15(13)16/h3-4,6-7,12,14,18H,2,5,8-11H2,1H3. The fourth-order valence-corrected chi connectivity index (χ4v) is 4.16. The van der Waals surface area contributed by atoms with Crippen molar-refractivity contribution in [1.29, 1.82) is 0 Å². The van der Waals surface area contributed by atoms with Gasteiger partial charge in [0.25, 0.3) is 0 Å². The van der Waals surface area contributed by atoms with Crippen molar-refractivity contribution in [2.75, 3.05) is 6.61 Å². The number of fused-ring (bicyclic) bond motifs is 1. The minimum atomic E-state index is -0.595. The summed E-state index contributed by atoms with van der Waals surface area (Å²) in [6, 6.07) is 8.46. The Morgan fingerprint density at radius 2 is 2.25 bits per heavy atom. The molecule has 2 aromatic rings. The second kappa shape index (κ2) is 5.84. The van der Waals surface area contributed by atoms with E-state index in [0.717, 1.165) is 32.1 Å². The smallest absolute Gasteiger partial charge is 0.0735 e. The molecule has 1 aromatic carbocycles. The number of hydrogen-bond donors (Lipinski definition) is 1. The van der Waals surface area contributed by atoms with Gasteiger partial charge in [0.05, 0.1) is 11.7 Å². The van der Waals surface area contributed by atoms with Crippen LogP contribution in [0.1, 0.15) is 38.2 Å². The quantitative estimate of drug-likeness (QED) is 0.916. The highest BCUT2D eigenvalue weighted by atomic mass is 32.1. The average molecular weight is 290 g/mol. The second-order valence-electron chi connectivity index (χ2n) is 5.89. The van der Waals surface area contributed by atoms with E-state index in [-0.39, 0.29) is 6.10 Å². The van der Waals surface area contributed by atoms with Gasteiger partial charge in [-0.15, -0.1) is 11.3 Å². The lowest BCUT2D eigenvalue weighted by molar-refractivity contribution is -0.104. The van der Waals surface area contributed by atoms with Crippen LogP contribution >= 0.6 is 11.3 Å². The van der Waals surface area contributed by atoms with E-state index in [2.05, 4.69) is 36.6 Å². The molecule has 0 aliphatic carbocycles. The van der Waals surface area contributed by atoms with Crippen LogP contribution in [0.15, 0.2) is 29.6 Å². The zero-order valence-electron chi connectivity index (χ0n) is 12.0. The second-order valence-corrected chi connectivity index (χ2v) is 6.81. The summed E-state index contributed by atoms with van der Waals surface area (Å²) >= 11 is 1.77. The summed E-state index contributed by atoms with van der Waals surface area (Å²) in [4.78, 5) is 0. The van der Waals surface area contributed by atoms with Gasteiger partial charge in [0, 0.05) is 24.1 Å². The molecular formula is C17H22O2S. The molecule has 2 unspecified atom stereocenters. The molecule has 20 heavy (non-hydrogen) atoms. The highest BCUT2D eigenvalue weighted by molar-refractivity contribution is 7.17. The first-order chi connectivity index (χ1) is 9.70. The van der Waals surface area contributed by atoms with Gasteiger partial charge in [0.1, 0.15) is 0 Å². The van der Waals surface area contributed by atoms with E-state index in [1.807, 2.05) is 0 Å². The van der Waals surface area contributed by atoms with Crippen LogP contribution in [0.3, 0.4) is 0 Å². The highest BCUT2D eigenvalue weighted by Gasteiger charge is 2.35. The number of rotatable bonds is 4. The van der Waals surface area contributed by atoms with Crippen LogP contribution < -0.4 is 0 Å². The Balaban J connectivity index is 1.79. The Morgan fingerprint density at radius 1 is 1.40 bits per heavy atom. The van der Waals surface area contributed by atoms with Gasteiger partial charge in [-0.25, -0.2) is 0 Å². The van der Waals surface area contributed by atoms with Crippen LogP contribution in [-0.4, -0.2) is 23.4 Å². The third kappa shape index (κ3) is 2.90. The topological polar surface area (TPSA) is 29.5 Å². The van der Waals surface area contributed by atoms with E-state index in [0.29, 0.717) is 6.61 Å². The molecule has 1 aliphatic heterocycles. The molecule has 0 radical (unpaired) electrons. The molecule has 0 spiro atoms. The third-order valence-electron chi connectivity index (χ3n) is 4.22. The van der Waals surface area contributed by atoms with E-state index >= 15 is 0 Å². The molecule has 1 fully saturated rings. The summed E-state index contributed by atoms with van der Waals surface area (Å²) < 4.78 is 7.07. The molecule has 3 heteroatoms. The Hall–Kier alpha value is -0.900. The average Bonchev–Trinajstić information content (AvgIpc) is 2.82. The first kappa shape index (κ1) is 14.1. The minimum Gasteiger partial charge on any atom is -0.389 e. The molecule has 1 N–H and O–H groups in total. The number of thiophene rings is 1. The van der Waals surface area contributed by atoms with E-state index in [1.54, 1.807) is 11.3 Å². The van der Waals surface area contributed by atoms with E-state index in [1.165, 1.54) is 15.6 Å². The van der Waals surface area contributed by atoms with Crippen molar-refractivity contribution >= 4 is 21.4 Å². The molecule has 2 heterocycles. The maximum absolute atomic E-state index is 10.9. The number of ether oxygens (including phenoxy) is 1. The Bertz CT molecular complexity index is 575. The van der Waals surface area contributed by atoms with Crippen molar-refractivity contribution in [3.05, 3.63) is 35.2 Å². The van der Waals surface area contributed by atoms with Crippen LogP contribution in [0.4, 0.5) is 0 Å². The normalized spacial score (nSPS) is 27.0. The first-order valence-electron chi connectivity index (χ1n) is 7.49. The van der Waals surface area contributed by atoms with Crippen molar-refractivity contribution < 1.29 is 9.84 Å². The number of aliphatic hydroxyl groups is 1. The van der Waals surface area contributed by atoms with Gasteiger partial charge in [0.2, 0.25) is 0 Å². The van der Waals surface area contributed by atoms with Crippen molar-refractivity contribution in [2.24, 2.45) is 0 Å². The molecule has 1 aromatic heterocycles. The number of benzene rings is 1. The summed E-state index contributed by atoms with van der Waals surface area (Å²) in [5.74, 6) is 0. The van der Waals surface area contributed by atoms with Crippen molar-refractivity contribution in [3.63, 3.8) is 0 Å². The Morgan fingerprint density at radius 3 is 3.10 bits per heavy atom. The lowest BCUT2D eigenvalue weighted by Gasteiger charge is -2.37. The van der Waals surface area contributed by atoms with Crippen molar-refractivity contribution in [3.8, 4) is 0 Å². The summed E-state index contributed by atoms with van der Waals surface area (Å²) in [7, 11) is 0. The maximum Gasteiger partial charge on any atom is 0.0735 e. The largest absolute Gasteiger partial charge is 0.389 e. The zero-order chi connectivity index (χ0) is 14.0. The van der Waals surface area contributed by atoms with Crippen LogP contribution in [-0.2, 0) is 11.2 Å². The summed E-state index contributed by atoms with van der Waals surface area (Å²) in [5.41, 5.74) is 0.687. The van der Waals surface area contributed by atoms with Gasteiger partial charge in [-0.2, -0.15) is 0 Å². The monoisotopic (exact) mass is 290 g/mol. The molecule has 0 bridgehead atoms. The predicted octanol–water partition coefficient (Wildman–Crippen LogP) is 4.15. The van der Waals surface area contributed by atoms with Crippen LogP contribution in [0.5, 0.6) is 0 Å². The Labute approximate surface area is 124 Å². The molecule has 108 valence electrons. The fraction of sp³-hybridized carbons (Fsp3) is 0.529. The van der Waals surface area contributed by atoms with Gasteiger partial charge in [-0.05, 0) is 35.2 Å². The van der Waals surface area contributed by atoms with Crippen LogP contribution in [0.2, 0.25) is 0 Å². The van der Waals surface area contributed by atoms with Gasteiger partial charge < -0.3 is 9.84 Å². The highest BCUT2D eigenvalue weighted by Crippen LogP contribution is 2.34. The number of hydrogen-bond acceptors (Lipinski definition) is 3. The van der Waals surface area contributed by atoms with Gasteiger partial charge in [-0.1, -0.05) is 31.5 Å². The lowest BCUT2D eigenvalue weighted by Crippen LogP contribution is -2.42. The van der Waals surface area contributed by atoms with E-state index in [4.69, 9.17) is 4.74 Å². The minimum absolute atomic E-state index is 0.226.